The van der Waals surface area contributed by atoms with Crippen LogP contribution in [0.25, 0.3) is 0 Å². The van der Waals surface area contributed by atoms with Gasteiger partial charge >= 0.3 is 0 Å². The standard InChI is InChI=1S/C18H22N4O5S/c1-4-15-18(24)20-14-9-13(6-7-16(14)27-15)28(25,26)21-17(23)8-5-12-10-19-22(3)11(12)2/h6-7,9-10,15H,4-5,8H2,1-3H3,(H,20,24)(H,21,23)/t15-/m0/s1. The quantitative estimate of drug-likeness (QED) is 0.746. The van der Waals surface area contributed by atoms with Crippen LogP contribution in [0.1, 0.15) is 31.0 Å². The van der Waals surface area contributed by atoms with E-state index in [0.29, 0.717) is 18.6 Å². The van der Waals surface area contributed by atoms with Crippen LogP contribution in [0.2, 0.25) is 0 Å². The molecular formula is C18H22N4O5S. The van der Waals surface area contributed by atoms with Crippen LogP contribution in [0, 0.1) is 6.92 Å². The topological polar surface area (TPSA) is 119 Å². The first-order chi connectivity index (χ1) is 13.2. The Bertz CT molecular complexity index is 1030. The number of rotatable bonds is 6. The number of hydrogen-bond acceptors (Lipinski definition) is 6. The van der Waals surface area contributed by atoms with Crippen LogP contribution in [-0.4, -0.2) is 36.1 Å². The summed E-state index contributed by atoms with van der Waals surface area (Å²) in [5, 5.41) is 6.73. The summed E-state index contributed by atoms with van der Waals surface area (Å²) < 4.78 is 34.3. The molecule has 0 unspecified atom stereocenters. The molecule has 28 heavy (non-hydrogen) atoms. The van der Waals surface area contributed by atoms with Crippen molar-refractivity contribution in [2.75, 3.05) is 5.32 Å². The summed E-state index contributed by atoms with van der Waals surface area (Å²) in [6, 6.07) is 4.08. The van der Waals surface area contributed by atoms with Crippen LogP contribution >= 0.6 is 0 Å². The first kappa shape index (κ1) is 19.9. The van der Waals surface area contributed by atoms with Gasteiger partial charge in [0.05, 0.1) is 16.8 Å². The molecule has 1 aromatic carbocycles. The summed E-state index contributed by atoms with van der Waals surface area (Å²) in [4.78, 5) is 23.9. The second-order valence-electron chi connectivity index (χ2n) is 6.57. The summed E-state index contributed by atoms with van der Waals surface area (Å²) in [5.41, 5.74) is 2.07. The Morgan fingerprint density at radius 1 is 1.39 bits per heavy atom. The minimum absolute atomic E-state index is 0.00866. The zero-order valence-electron chi connectivity index (χ0n) is 15.9. The number of hydrogen-bond donors (Lipinski definition) is 2. The number of fused-ring (bicyclic) bond motifs is 1. The third-order valence-electron chi connectivity index (χ3n) is 4.66. The number of nitrogens with one attached hydrogen (secondary N) is 2. The van der Waals surface area contributed by atoms with Crippen molar-refractivity contribution in [3.8, 4) is 5.75 Å². The Hall–Kier alpha value is -2.88. The van der Waals surface area contributed by atoms with Gasteiger partial charge in [0, 0.05) is 19.2 Å². The summed E-state index contributed by atoms with van der Waals surface area (Å²) in [5.74, 6) is -0.559. The van der Waals surface area contributed by atoms with Crippen LogP contribution in [0.3, 0.4) is 0 Å². The molecule has 0 bridgehead atoms. The minimum Gasteiger partial charge on any atom is -0.478 e. The largest absolute Gasteiger partial charge is 0.478 e. The molecule has 2 N–H and O–H groups in total. The molecule has 0 aliphatic carbocycles. The van der Waals surface area contributed by atoms with E-state index in [1.165, 1.54) is 18.2 Å². The summed E-state index contributed by atoms with van der Waals surface area (Å²) in [6.45, 7) is 3.69. The number of anilines is 1. The van der Waals surface area contributed by atoms with Gasteiger partial charge in [-0.15, -0.1) is 0 Å². The lowest BCUT2D eigenvalue weighted by molar-refractivity contribution is -0.123. The van der Waals surface area contributed by atoms with Gasteiger partial charge in [-0.3, -0.25) is 14.3 Å². The number of carbonyl (C=O) groups excluding carboxylic acids is 2. The molecule has 1 aliphatic rings. The third-order valence-corrected chi connectivity index (χ3v) is 6.03. The normalized spacial score (nSPS) is 16.1. The molecule has 3 rings (SSSR count). The molecule has 1 aromatic heterocycles. The van der Waals surface area contributed by atoms with E-state index in [1.807, 2.05) is 13.8 Å². The highest BCUT2D eigenvalue weighted by molar-refractivity contribution is 7.90. The maximum absolute atomic E-state index is 12.5. The number of sulfonamides is 1. The number of ether oxygens (including phenoxy) is 1. The van der Waals surface area contributed by atoms with E-state index in [1.54, 1.807) is 17.9 Å². The highest BCUT2D eigenvalue weighted by atomic mass is 32.2. The number of amides is 2. The van der Waals surface area contributed by atoms with Crippen molar-refractivity contribution < 1.29 is 22.7 Å². The van der Waals surface area contributed by atoms with E-state index in [4.69, 9.17) is 4.74 Å². The van der Waals surface area contributed by atoms with Crippen molar-refractivity contribution in [1.82, 2.24) is 14.5 Å². The molecule has 2 aromatic rings. The van der Waals surface area contributed by atoms with Crippen molar-refractivity contribution in [3.63, 3.8) is 0 Å². The van der Waals surface area contributed by atoms with Crippen molar-refractivity contribution >= 4 is 27.5 Å². The molecule has 10 heteroatoms. The second kappa shape index (κ2) is 7.63. The first-order valence-electron chi connectivity index (χ1n) is 8.86. The van der Waals surface area contributed by atoms with E-state index in [-0.39, 0.29) is 22.9 Å². The minimum atomic E-state index is -4.07. The van der Waals surface area contributed by atoms with Gasteiger partial charge in [0.15, 0.2) is 6.10 Å². The fourth-order valence-corrected chi connectivity index (χ4v) is 3.90. The number of aromatic nitrogens is 2. The molecule has 2 heterocycles. The Kier molecular flexibility index (Phi) is 5.41. The van der Waals surface area contributed by atoms with E-state index >= 15 is 0 Å². The third kappa shape index (κ3) is 4.01. The monoisotopic (exact) mass is 406 g/mol. The number of benzene rings is 1. The zero-order valence-corrected chi connectivity index (χ0v) is 16.7. The molecule has 1 atom stereocenters. The second-order valence-corrected chi connectivity index (χ2v) is 8.25. The highest BCUT2D eigenvalue weighted by Crippen LogP contribution is 2.32. The molecule has 150 valence electrons. The van der Waals surface area contributed by atoms with Crippen molar-refractivity contribution in [3.05, 3.63) is 35.7 Å². The number of nitrogens with zero attached hydrogens (tertiary/aromatic N) is 2. The van der Waals surface area contributed by atoms with Gasteiger partial charge in [-0.1, -0.05) is 6.92 Å². The van der Waals surface area contributed by atoms with E-state index in [2.05, 4.69) is 15.1 Å². The molecule has 0 fully saturated rings. The zero-order chi connectivity index (χ0) is 20.5. The lowest BCUT2D eigenvalue weighted by atomic mass is 10.1. The summed E-state index contributed by atoms with van der Waals surface area (Å²) in [7, 11) is -2.27. The number of carbonyl (C=O) groups is 2. The maximum atomic E-state index is 12.5. The van der Waals surface area contributed by atoms with E-state index in [9.17, 15) is 18.0 Å². The van der Waals surface area contributed by atoms with E-state index < -0.39 is 22.0 Å². The molecule has 1 aliphatic heterocycles. The van der Waals surface area contributed by atoms with Gasteiger partial charge in [-0.2, -0.15) is 5.10 Å². The number of aryl methyl sites for hydroxylation is 2. The van der Waals surface area contributed by atoms with Crippen molar-refractivity contribution in [1.29, 1.82) is 0 Å². The maximum Gasteiger partial charge on any atom is 0.265 e. The summed E-state index contributed by atoms with van der Waals surface area (Å²) >= 11 is 0. The Balaban J connectivity index is 1.69. The first-order valence-corrected chi connectivity index (χ1v) is 10.3. The average Bonchev–Trinajstić information content (AvgIpc) is 2.97. The molecule has 9 nitrogen and oxygen atoms in total. The lowest BCUT2D eigenvalue weighted by Crippen LogP contribution is -2.36. The van der Waals surface area contributed by atoms with Gasteiger partial charge < -0.3 is 10.1 Å². The predicted octanol–water partition coefficient (Wildman–Crippen LogP) is 1.28. The van der Waals surface area contributed by atoms with Gasteiger partial charge in [-0.05, 0) is 43.5 Å². The van der Waals surface area contributed by atoms with E-state index in [0.717, 1.165) is 11.3 Å². The smallest absolute Gasteiger partial charge is 0.265 e. The van der Waals surface area contributed by atoms with Gasteiger partial charge in [0.25, 0.3) is 15.9 Å². The summed E-state index contributed by atoms with van der Waals surface area (Å²) in [6.07, 6.45) is 1.94. The highest BCUT2D eigenvalue weighted by Gasteiger charge is 2.28. The Labute approximate surface area is 163 Å². The fraction of sp³-hybridized carbons (Fsp3) is 0.389. The SMILES string of the molecule is CC[C@@H]1Oc2ccc(S(=O)(=O)NC(=O)CCc3cnn(C)c3C)cc2NC1=O. The Morgan fingerprint density at radius 3 is 2.79 bits per heavy atom. The van der Waals surface area contributed by atoms with Crippen LogP contribution in [0.5, 0.6) is 5.75 Å². The molecule has 0 saturated carbocycles. The fourth-order valence-electron chi connectivity index (χ4n) is 2.86. The molecule has 2 amide bonds. The molecular weight excluding hydrogens is 384 g/mol. The average molecular weight is 406 g/mol. The van der Waals surface area contributed by atoms with Gasteiger partial charge in [-0.25, -0.2) is 13.1 Å². The molecule has 0 radical (unpaired) electrons. The van der Waals surface area contributed by atoms with Crippen LogP contribution < -0.4 is 14.8 Å². The molecule has 0 spiro atoms. The van der Waals surface area contributed by atoms with Crippen LogP contribution in [0.15, 0.2) is 29.3 Å². The Morgan fingerprint density at radius 2 is 2.14 bits per heavy atom. The predicted molar refractivity (Wildman–Crippen MR) is 101 cm³/mol. The van der Waals surface area contributed by atoms with Crippen molar-refractivity contribution in [2.45, 2.75) is 44.1 Å². The lowest BCUT2D eigenvalue weighted by Gasteiger charge is -2.25. The molecule has 0 saturated heterocycles. The van der Waals surface area contributed by atoms with Crippen LogP contribution in [0.4, 0.5) is 5.69 Å². The van der Waals surface area contributed by atoms with Crippen molar-refractivity contribution in [2.24, 2.45) is 7.05 Å². The van der Waals surface area contributed by atoms with Crippen LogP contribution in [-0.2, 0) is 33.1 Å². The van der Waals surface area contributed by atoms with Gasteiger partial charge in [0.1, 0.15) is 5.75 Å². The van der Waals surface area contributed by atoms with Gasteiger partial charge in [0.2, 0.25) is 5.91 Å².